The number of halogens is 1. The SMILES string of the molecule is O=C(NCCCn1ccnn1)N1CCO[C@@H](c2ccc(Cl)cc2)C1. The van der Waals surface area contributed by atoms with E-state index in [1.165, 1.54) is 0 Å². The van der Waals surface area contributed by atoms with Gasteiger partial charge in [-0.3, -0.25) is 4.68 Å². The van der Waals surface area contributed by atoms with Crippen LogP contribution in [0.1, 0.15) is 18.1 Å². The normalized spacial score (nSPS) is 17.7. The molecule has 2 amide bonds. The maximum Gasteiger partial charge on any atom is 0.317 e. The molecule has 0 bridgehead atoms. The summed E-state index contributed by atoms with van der Waals surface area (Å²) >= 11 is 5.91. The Morgan fingerprint density at radius 2 is 2.21 bits per heavy atom. The number of urea groups is 1. The van der Waals surface area contributed by atoms with Crippen molar-refractivity contribution in [2.24, 2.45) is 0 Å². The molecular formula is C16H20ClN5O2. The molecule has 8 heteroatoms. The topological polar surface area (TPSA) is 72.3 Å². The predicted molar refractivity (Wildman–Crippen MR) is 89.8 cm³/mol. The zero-order chi connectivity index (χ0) is 16.8. The van der Waals surface area contributed by atoms with Crippen molar-refractivity contribution >= 4 is 17.6 Å². The molecule has 0 aliphatic carbocycles. The fourth-order valence-corrected chi connectivity index (χ4v) is 2.74. The molecule has 128 valence electrons. The first-order valence-corrected chi connectivity index (χ1v) is 8.34. The van der Waals surface area contributed by atoms with Gasteiger partial charge in [-0.25, -0.2) is 4.79 Å². The smallest absolute Gasteiger partial charge is 0.317 e. The summed E-state index contributed by atoms with van der Waals surface area (Å²) in [4.78, 5) is 14.1. The van der Waals surface area contributed by atoms with Gasteiger partial charge in [0.15, 0.2) is 0 Å². The van der Waals surface area contributed by atoms with E-state index < -0.39 is 0 Å². The number of nitrogens with one attached hydrogen (secondary N) is 1. The highest BCUT2D eigenvalue weighted by Crippen LogP contribution is 2.23. The lowest BCUT2D eigenvalue weighted by Crippen LogP contribution is -2.47. The Labute approximate surface area is 145 Å². The van der Waals surface area contributed by atoms with Gasteiger partial charge in [-0.15, -0.1) is 5.10 Å². The fraction of sp³-hybridized carbons (Fsp3) is 0.438. The maximum absolute atomic E-state index is 12.3. The number of amides is 2. The lowest BCUT2D eigenvalue weighted by Gasteiger charge is -2.33. The number of morpholine rings is 1. The van der Waals surface area contributed by atoms with Gasteiger partial charge in [-0.05, 0) is 24.1 Å². The standard InChI is InChI=1S/C16H20ClN5O2/c17-14-4-2-13(3-5-14)15-12-21(10-11-24-15)16(23)18-6-1-8-22-9-7-19-20-22/h2-5,7,9,15H,1,6,8,10-12H2,(H,18,23)/t15-/m1/s1. The van der Waals surface area contributed by atoms with E-state index in [1.807, 2.05) is 24.3 Å². The second-order valence-electron chi connectivity index (χ2n) is 5.61. The third kappa shape index (κ3) is 4.46. The Kier molecular flexibility index (Phi) is 5.66. The minimum atomic E-state index is -0.114. The van der Waals surface area contributed by atoms with Crippen LogP contribution in [-0.2, 0) is 11.3 Å². The molecule has 1 fully saturated rings. The number of ether oxygens (including phenoxy) is 1. The van der Waals surface area contributed by atoms with Crippen LogP contribution in [0.25, 0.3) is 0 Å². The number of carbonyl (C=O) groups excluding carboxylic acids is 1. The molecule has 24 heavy (non-hydrogen) atoms. The first kappa shape index (κ1) is 16.7. The summed E-state index contributed by atoms with van der Waals surface area (Å²) in [7, 11) is 0. The number of hydrogen-bond acceptors (Lipinski definition) is 4. The van der Waals surface area contributed by atoms with Crippen molar-refractivity contribution in [1.29, 1.82) is 0 Å². The summed E-state index contributed by atoms with van der Waals surface area (Å²) in [6.07, 6.45) is 4.14. The number of hydrogen-bond donors (Lipinski definition) is 1. The summed E-state index contributed by atoms with van der Waals surface area (Å²) in [5.41, 5.74) is 1.03. The molecule has 7 nitrogen and oxygen atoms in total. The van der Waals surface area contributed by atoms with Crippen LogP contribution in [0.15, 0.2) is 36.7 Å². The minimum Gasteiger partial charge on any atom is -0.370 e. The number of benzene rings is 1. The summed E-state index contributed by atoms with van der Waals surface area (Å²) < 4.78 is 7.52. The van der Waals surface area contributed by atoms with Gasteiger partial charge < -0.3 is 15.0 Å². The second-order valence-corrected chi connectivity index (χ2v) is 6.05. The van der Waals surface area contributed by atoms with E-state index in [1.54, 1.807) is 22.0 Å². The molecule has 1 N–H and O–H groups in total. The monoisotopic (exact) mass is 349 g/mol. The average Bonchev–Trinajstić information content (AvgIpc) is 3.13. The predicted octanol–water partition coefficient (Wildman–Crippen LogP) is 2.10. The second kappa shape index (κ2) is 8.12. The fourth-order valence-electron chi connectivity index (χ4n) is 2.61. The Hall–Kier alpha value is -2.12. The molecule has 0 radical (unpaired) electrons. The molecule has 1 aliphatic rings. The third-order valence-electron chi connectivity index (χ3n) is 3.91. The molecule has 1 aromatic heterocycles. The summed E-state index contributed by atoms with van der Waals surface area (Å²) in [6.45, 7) is 2.99. The van der Waals surface area contributed by atoms with Gasteiger partial charge in [-0.1, -0.05) is 28.9 Å². The van der Waals surface area contributed by atoms with E-state index in [-0.39, 0.29) is 12.1 Å². The molecule has 1 saturated heterocycles. The number of nitrogens with zero attached hydrogens (tertiary/aromatic N) is 4. The third-order valence-corrected chi connectivity index (χ3v) is 4.16. The van der Waals surface area contributed by atoms with Crippen molar-refractivity contribution in [1.82, 2.24) is 25.2 Å². The number of carbonyl (C=O) groups is 1. The van der Waals surface area contributed by atoms with Gasteiger partial charge in [0.25, 0.3) is 0 Å². The summed E-state index contributed by atoms with van der Waals surface area (Å²) in [5.74, 6) is 0. The number of aromatic nitrogens is 3. The molecule has 2 aromatic rings. The van der Waals surface area contributed by atoms with Crippen LogP contribution in [0.2, 0.25) is 5.02 Å². The van der Waals surface area contributed by atoms with Gasteiger partial charge in [0, 0.05) is 30.9 Å². The lowest BCUT2D eigenvalue weighted by molar-refractivity contribution is -0.0154. The summed E-state index contributed by atoms with van der Waals surface area (Å²) in [5, 5.41) is 11.3. The van der Waals surface area contributed by atoms with Crippen molar-refractivity contribution in [3.63, 3.8) is 0 Å². The van der Waals surface area contributed by atoms with Crippen LogP contribution >= 0.6 is 11.6 Å². The Bertz CT molecular complexity index is 647. The Balaban J connectivity index is 1.45. The molecule has 0 saturated carbocycles. The number of aryl methyl sites for hydroxylation is 1. The first-order valence-electron chi connectivity index (χ1n) is 7.96. The maximum atomic E-state index is 12.3. The lowest BCUT2D eigenvalue weighted by atomic mass is 10.1. The zero-order valence-corrected chi connectivity index (χ0v) is 14.0. The van der Waals surface area contributed by atoms with Crippen LogP contribution in [0.4, 0.5) is 4.79 Å². The van der Waals surface area contributed by atoms with E-state index in [0.717, 1.165) is 18.5 Å². The van der Waals surface area contributed by atoms with Crippen LogP contribution in [0.3, 0.4) is 0 Å². The molecule has 1 aliphatic heterocycles. The van der Waals surface area contributed by atoms with E-state index in [9.17, 15) is 4.79 Å². The highest BCUT2D eigenvalue weighted by Gasteiger charge is 2.25. The zero-order valence-electron chi connectivity index (χ0n) is 13.3. The molecule has 1 aromatic carbocycles. The van der Waals surface area contributed by atoms with E-state index in [2.05, 4.69) is 15.6 Å². The Morgan fingerprint density at radius 3 is 2.96 bits per heavy atom. The molecule has 0 spiro atoms. The largest absolute Gasteiger partial charge is 0.370 e. The number of rotatable bonds is 5. The molecule has 1 atom stereocenters. The molecule has 0 unspecified atom stereocenters. The van der Waals surface area contributed by atoms with E-state index >= 15 is 0 Å². The van der Waals surface area contributed by atoms with Crippen molar-refractivity contribution in [3.8, 4) is 0 Å². The highest BCUT2D eigenvalue weighted by molar-refractivity contribution is 6.30. The van der Waals surface area contributed by atoms with Crippen LogP contribution < -0.4 is 5.32 Å². The van der Waals surface area contributed by atoms with Gasteiger partial charge in [-0.2, -0.15) is 0 Å². The Morgan fingerprint density at radius 1 is 1.38 bits per heavy atom. The highest BCUT2D eigenvalue weighted by atomic mass is 35.5. The van der Waals surface area contributed by atoms with Gasteiger partial charge in [0.1, 0.15) is 6.10 Å². The van der Waals surface area contributed by atoms with Crippen LogP contribution in [0, 0.1) is 0 Å². The first-order chi connectivity index (χ1) is 11.7. The summed E-state index contributed by atoms with van der Waals surface area (Å²) in [6, 6.07) is 7.49. The van der Waals surface area contributed by atoms with Gasteiger partial charge in [0.05, 0.1) is 19.3 Å². The van der Waals surface area contributed by atoms with Crippen molar-refractivity contribution in [2.45, 2.75) is 19.1 Å². The van der Waals surface area contributed by atoms with E-state index in [0.29, 0.717) is 31.3 Å². The minimum absolute atomic E-state index is 0.0594. The quantitative estimate of drug-likeness (QED) is 0.839. The molecule has 3 rings (SSSR count). The van der Waals surface area contributed by atoms with Crippen molar-refractivity contribution < 1.29 is 9.53 Å². The van der Waals surface area contributed by atoms with Crippen molar-refractivity contribution in [3.05, 3.63) is 47.2 Å². The van der Waals surface area contributed by atoms with E-state index in [4.69, 9.17) is 16.3 Å². The van der Waals surface area contributed by atoms with Crippen molar-refractivity contribution in [2.75, 3.05) is 26.2 Å². The average molecular weight is 350 g/mol. The molecular weight excluding hydrogens is 330 g/mol. The van der Waals surface area contributed by atoms with Gasteiger partial charge >= 0.3 is 6.03 Å². The molecule has 2 heterocycles. The van der Waals surface area contributed by atoms with Crippen LogP contribution in [0.5, 0.6) is 0 Å². The van der Waals surface area contributed by atoms with Gasteiger partial charge in [0.2, 0.25) is 0 Å². The van der Waals surface area contributed by atoms with Crippen LogP contribution in [-0.4, -0.2) is 52.2 Å².